The first kappa shape index (κ1) is 14.6. The van der Waals surface area contributed by atoms with E-state index in [1.165, 1.54) is 18.6 Å². The molecule has 2 atom stereocenters. The van der Waals surface area contributed by atoms with Gasteiger partial charge >= 0.3 is 0 Å². The quantitative estimate of drug-likeness (QED) is 0.744. The first-order valence-corrected chi connectivity index (χ1v) is 7.23. The van der Waals surface area contributed by atoms with Gasteiger partial charge in [0.2, 0.25) is 0 Å². The van der Waals surface area contributed by atoms with Gasteiger partial charge in [0, 0.05) is 12.2 Å². The van der Waals surface area contributed by atoms with Crippen molar-refractivity contribution >= 4 is 11.6 Å². The molecule has 2 nitrogen and oxygen atoms in total. The molecule has 19 heavy (non-hydrogen) atoms. The normalized spacial score (nSPS) is 21.1. The minimum atomic E-state index is -0.282. The fourth-order valence-electron chi connectivity index (χ4n) is 2.47. The maximum Gasteiger partial charge on any atom is 0.123 e. The molecule has 0 spiro atoms. The lowest BCUT2D eigenvalue weighted by Crippen LogP contribution is -2.19. The first-order valence-electron chi connectivity index (χ1n) is 6.80. The van der Waals surface area contributed by atoms with Crippen LogP contribution in [-0.2, 0) is 4.74 Å². The molecule has 1 saturated heterocycles. The Morgan fingerprint density at radius 1 is 1.47 bits per heavy atom. The molecule has 1 aromatic rings. The molecular weight excluding hydrogens is 267 g/mol. The Morgan fingerprint density at radius 2 is 2.32 bits per heavy atom. The molecule has 0 saturated carbocycles. The Hall–Kier alpha value is -0.800. The lowest BCUT2D eigenvalue weighted by atomic mass is 10.0. The number of methoxy groups -OCH3 is 1. The molecule has 4 heteroatoms. The monoisotopic (exact) mass is 286 g/mol. The largest absolute Gasteiger partial charge is 0.496 e. The van der Waals surface area contributed by atoms with Crippen molar-refractivity contribution in [2.45, 2.75) is 43.6 Å². The molecule has 2 unspecified atom stereocenters. The van der Waals surface area contributed by atoms with Gasteiger partial charge in [-0.2, -0.15) is 0 Å². The summed E-state index contributed by atoms with van der Waals surface area (Å²) in [6, 6.07) is 4.46. The van der Waals surface area contributed by atoms with Gasteiger partial charge in [0.25, 0.3) is 0 Å². The van der Waals surface area contributed by atoms with Crippen molar-refractivity contribution in [1.29, 1.82) is 0 Å². The van der Waals surface area contributed by atoms with E-state index in [0.717, 1.165) is 37.9 Å². The number of halogens is 2. The van der Waals surface area contributed by atoms with E-state index in [9.17, 15) is 4.39 Å². The molecule has 1 aliphatic heterocycles. The summed E-state index contributed by atoms with van der Waals surface area (Å²) in [4.78, 5) is 0. The summed E-state index contributed by atoms with van der Waals surface area (Å²) in [7, 11) is 1.57. The van der Waals surface area contributed by atoms with Gasteiger partial charge in [-0.25, -0.2) is 4.39 Å². The molecule has 0 aliphatic carbocycles. The molecule has 0 bridgehead atoms. The van der Waals surface area contributed by atoms with E-state index in [1.807, 2.05) is 0 Å². The second kappa shape index (κ2) is 7.11. The second-order valence-corrected chi connectivity index (χ2v) is 5.45. The molecule has 1 fully saturated rings. The van der Waals surface area contributed by atoms with Gasteiger partial charge < -0.3 is 9.47 Å². The Bertz CT molecular complexity index is 405. The van der Waals surface area contributed by atoms with Crippen molar-refractivity contribution in [2.24, 2.45) is 0 Å². The zero-order valence-electron chi connectivity index (χ0n) is 11.2. The SMILES string of the molecule is COc1ccc(F)cc1C(Cl)CCC1CCCCO1. The number of benzene rings is 1. The summed E-state index contributed by atoms with van der Waals surface area (Å²) in [5.74, 6) is 0.362. The summed E-state index contributed by atoms with van der Waals surface area (Å²) in [5, 5.41) is -0.240. The van der Waals surface area contributed by atoms with Crippen molar-refractivity contribution in [2.75, 3.05) is 13.7 Å². The third-order valence-electron chi connectivity index (χ3n) is 3.55. The molecule has 0 radical (unpaired) electrons. The van der Waals surface area contributed by atoms with Crippen LogP contribution in [0.4, 0.5) is 4.39 Å². The zero-order chi connectivity index (χ0) is 13.7. The number of ether oxygens (including phenoxy) is 2. The Morgan fingerprint density at radius 3 is 3.00 bits per heavy atom. The maximum absolute atomic E-state index is 13.3. The highest BCUT2D eigenvalue weighted by molar-refractivity contribution is 6.21. The summed E-state index contributed by atoms with van der Waals surface area (Å²) in [6.45, 7) is 0.848. The van der Waals surface area contributed by atoms with Crippen molar-refractivity contribution in [1.82, 2.24) is 0 Å². The van der Waals surface area contributed by atoms with Crippen LogP contribution in [0.25, 0.3) is 0 Å². The van der Waals surface area contributed by atoms with Crippen molar-refractivity contribution < 1.29 is 13.9 Å². The van der Waals surface area contributed by atoms with Crippen LogP contribution in [0.15, 0.2) is 18.2 Å². The average Bonchev–Trinajstić information content (AvgIpc) is 2.46. The van der Waals surface area contributed by atoms with Gasteiger partial charge in [0.05, 0.1) is 18.6 Å². The summed E-state index contributed by atoms with van der Waals surface area (Å²) in [6.07, 6.45) is 5.46. The summed E-state index contributed by atoms with van der Waals surface area (Å²) in [5.41, 5.74) is 0.722. The molecule has 0 aromatic heterocycles. The van der Waals surface area contributed by atoms with Crippen molar-refractivity contribution in [3.63, 3.8) is 0 Å². The van der Waals surface area contributed by atoms with E-state index < -0.39 is 0 Å². The summed E-state index contributed by atoms with van der Waals surface area (Å²) >= 11 is 6.38. The third kappa shape index (κ3) is 4.08. The first-order chi connectivity index (χ1) is 9.20. The fraction of sp³-hybridized carbons (Fsp3) is 0.600. The van der Waals surface area contributed by atoms with E-state index in [1.54, 1.807) is 13.2 Å². The van der Waals surface area contributed by atoms with Crippen LogP contribution < -0.4 is 4.74 Å². The highest BCUT2D eigenvalue weighted by Gasteiger charge is 2.19. The molecule has 1 heterocycles. The Labute approximate surface area is 118 Å². The van der Waals surface area contributed by atoms with Crippen LogP contribution in [0, 0.1) is 5.82 Å². The van der Waals surface area contributed by atoms with Gasteiger partial charge in [-0.15, -0.1) is 11.6 Å². The van der Waals surface area contributed by atoms with Gasteiger partial charge in [-0.05, 0) is 50.3 Å². The fourth-order valence-corrected chi connectivity index (χ4v) is 2.77. The van der Waals surface area contributed by atoms with E-state index in [0.29, 0.717) is 11.9 Å². The highest BCUT2D eigenvalue weighted by atomic mass is 35.5. The number of alkyl halides is 1. The maximum atomic E-state index is 13.3. The average molecular weight is 287 g/mol. The van der Waals surface area contributed by atoms with Gasteiger partial charge in [-0.1, -0.05) is 0 Å². The molecule has 1 aromatic carbocycles. The van der Waals surface area contributed by atoms with E-state index in [-0.39, 0.29) is 11.2 Å². The van der Waals surface area contributed by atoms with Crippen LogP contribution in [0.1, 0.15) is 43.0 Å². The standard InChI is InChI=1S/C15H20ClFO2/c1-18-15-8-5-11(17)10-13(15)14(16)7-6-12-4-2-3-9-19-12/h5,8,10,12,14H,2-4,6-7,9H2,1H3. The number of hydrogen-bond acceptors (Lipinski definition) is 2. The second-order valence-electron chi connectivity index (χ2n) is 4.92. The third-order valence-corrected chi connectivity index (χ3v) is 4.00. The van der Waals surface area contributed by atoms with Crippen molar-refractivity contribution in [3.05, 3.63) is 29.6 Å². The topological polar surface area (TPSA) is 18.5 Å². The van der Waals surface area contributed by atoms with Gasteiger partial charge in [0.1, 0.15) is 11.6 Å². The lowest BCUT2D eigenvalue weighted by molar-refractivity contribution is 0.00998. The van der Waals surface area contributed by atoms with Crippen LogP contribution >= 0.6 is 11.6 Å². The van der Waals surface area contributed by atoms with Gasteiger partial charge in [0.15, 0.2) is 0 Å². The minimum absolute atomic E-state index is 0.240. The molecule has 106 valence electrons. The molecule has 2 rings (SSSR count). The molecule has 0 amide bonds. The van der Waals surface area contributed by atoms with Gasteiger partial charge in [-0.3, -0.25) is 0 Å². The van der Waals surface area contributed by atoms with E-state index in [2.05, 4.69) is 0 Å². The molecule has 1 aliphatic rings. The van der Waals surface area contributed by atoms with E-state index in [4.69, 9.17) is 21.1 Å². The minimum Gasteiger partial charge on any atom is -0.496 e. The van der Waals surface area contributed by atoms with E-state index >= 15 is 0 Å². The number of hydrogen-bond donors (Lipinski definition) is 0. The van der Waals surface area contributed by atoms with Crippen LogP contribution in [0.3, 0.4) is 0 Å². The van der Waals surface area contributed by atoms with Crippen LogP contribution in [0.5, 0.6) is 5.75 Å². The Balaban J connectivity index is 1.94. The number of rotatable bonds is 5. The lowest BCUT2D eigenvalue weighted by Gasteiger charge is -2.23. The predicted octanol–water partition coefficient (Wildman–Crippen LogP) is 4.46. The van der Waals surface area contributed by atoms with Crippen LogP contribution in [0.2, 0.25) is 0 Å². The zero-order valence-corrected chi connectivity index (χ0v) is 12.0. The Kier molecular flexibility index (Phi) is 5.46. The smallest absolute Gasteiger partial charge is 0.123 e. The highest BCUT2D eigenvalue weighted by Crippen LogP contribution is 2.34. The van der Waals surface area contributed by atoms with Crippen LogP contribution in [-0.4, -0.2) is 19.8 Å². The molecular formula is C15H20ClFO2. The molecule has 0 N–H and O–H groups in total. The predicted molar refractivity (Wildman–Crippen MR) is 74.4 cm³/mol. The summed E-state index contributed by atoms with van der Waals surface area (Å²) < 4.78 is 24.2. The van der Waals surface area contributed by atoms with Crippen molar-refractivity contribution in [3.8, 4) is 5.75 Å².